The lowest BCUT2D eigenvalue weighted by atomic mass is 10.0. The van der Waals surface area contributed by atoms with E-state index in [-0.39, 0.29) is 5.78 Å². The minimum atomic E-state index is -0.987. The highest BCUT2D eigenvalue weighted by Gasteiger charge is 2.11. The Bertz CT molecular complexity index is 254. The van der Waals surface area contributed by atoms with Gasteiger partial charge in [-0.25, -0.2) is 0 Å². The maximum atomic E-state index is 11.5. The molecule has 0 saturated carbocycles. The highest BCUT2D eigenvalue weighted by atomic mass is 16.4. The molecule has 0 aromatic carbocycles. The Morgan fingerprint density at radius 2 is 1.47 bits per heavy atom. The zero-order valence-corrected chi connectivity index (χ0v) is 12.2. The summed E-state index contributed by atoms with van der Waals surface area (Å²) in [4.78, 5) is 22.0. The summed E-state index contributed by atoms with van der Waals surface area (Å²) in [5.74, 6) is -0.745. The second-order valence-electron chi connectivity index (χ2n) is 5.25. The van der Waals surface area contributed by atoms with E-state index in [4.69, 9.17) is 10.8 Å². The lowest BCUT2D eigenvalue weighted by Crippen LogP contribution is -2.29. The van der Waals surface area contributed by atoms with Crippen molar-refractivity contribution in [3.63, 3.8) is 0 Å². The molecule has 0 bridgehead atoms. The molecule has 0 aliphatic heterocycles. The number of carbonyl (C=O) groups excluding carboxylic acids is 1. The minimum absolute atomic E-state index is 0.242. The molecule has 4 nitrogen and oxygen atoms in total. The fraction of sp³-hybridized carbons (Fsp3) is 0.867. The predicted molar refractivity (Wildman–Crippen MR) is 77.1 cm³/mol. The Hall–Kier alpha value is -0.900. The number of hydrogen-bond acceptors (Lipinski definition) is 3. The van der Waals surface area contributed by atoms with Gasteiger partial charge in [-0.3, -0.25) is 9.59 Å². The van der Waals surface area contributed by atoms with E-state index >= 15 is 0 Å². The molecule has 0 fully saturated rings. The summed E-state index contributed by atoms with van der Waals surface area (Å²) in [6.07, 6.45) is 10.5. The van der Waals surface area contributed by atoms with Gasteiger partial charge in [-0.1, -0.05) is 45.4 Å². The second-order valence-corrected chi connectivity index (χ2v) is 5.25. The van der Waals surface area contributed by atoms with Crippen LogP contribution in [-0.4, -0.2) is 22.9 Å². The molecular weight excluding hydrogens is 242 g/mol. The second kappa shape index (κ2) is 12.2. The molecule has 4 heteroatoms. The normalized spacial score (nSPS) is 12.3. The molecule has 3 N–H and O–H groups in total. The van der Waals surface area contributed by atoms with Crippen LogP contribution in [0.5, 0.6) is 0 Å². The van der Waals surface area contributed by atoms with Gasteiger partial charge in [0.05, 0.1) is 0 Å². The van der Waals surface area contributed by atoms with E-state index in [1.54, 1.807) is 0 Å². The van der Waals surface area contributed by atoms with Crippen molar-refractivity contribution in [3.05, 3.63) is 0 Å². The van der Waals surface area contributed by atoms with E-state index in [0.717, 1.165) is 12.8 Å². The van der Waals surface area contributed by atoms with Crippen LogP contribution in [0.1, 0.15) is 77.6 Å². The molecule has 0 rings (SSSR count). The SMILES string of the molecule is CCCCCCCCCC(=O)CCCC(N)C(=O)O. The summed E-state index contributed by atoms with van der Waals surface area (Å²) in [5.41, 5.74) is 5.37. The molecule has 0 saturated heterocycles. The summed E-state index contributed by atoms with van der Waals surface area (Å²) < 4.78 is 0. The van der Waals surface area contributed by atoms with Crippen molar-refractivity contribution in [2.75, 3.05) is 0 Å². The van der Waals surface area contributed by atoms with Gasteiger partial charge in [0.25, 0.3) is 0 Å². The zero-order valence-electron chi connectivity index (χ0n) is 12.2. The Labute approximate surface area is 116 Å². The van der Waals surface area contributed by atoms with Crippen molar-refractivity contribution < 1.29 is 14.7 Å². The van der Waals surface area contributed by atoms with Gasteiger partial charge in [-0.2, -0.15) is 0 Å². The summed E-state index contributed by atoms with van der Waals surface area (Å²) in [6, 6.07) is -0.827. The average Bonchev–Trinajstić information content (AvgIpc) is 2.37. The van der Waals surface area contributed by atoms with Gasteiger partial charge in [-0.15, -0.1) is 0 Å². The van der Waals surface area contributed by atoms with Crippen molar-refractivity contribution >= 4 is 11.8 Å². The van der Waals surface area contributed by atoms with Gasteiger partial charge >= 0.3 is 5.97 Å². The molecule has 0 spiro atoms. The molecule has 0 aliphatic carbocycles. The van der Waals surface area contributed by atoms with Gasteiger partial charge in [0, 0.05) is 12.8 Å². The van der Waals surface area contributed by atoms with E-state index in [1.807, 2.05) is 0 Å². The summed E-state index contributed by atoms with van der Waals surface area (Å²) in [5, 5.41) is 8.60. The third-order valence-corrected chi connectivity index (χ3v) is 3.35. The first-order valence-electron chi connectivity index (χ1n) is 7.58. The number of rotatable bonds is 13. The van der Waals surface area contributed by atoms with E-state index in [2.05, 4.69) is 6.92 Å². The molecule has 0 amide bonds. The first kappa shape index (κ1) is 18.1. The van der Waals surface area contributed by atoms with Crippen molar-refractivity contribution in [3.8, 4) is 0 Å². The number of carboxylic acids is 1. The largest absolute Gasteiger partial charge is 0.480 e. The average molecular weight is 271 g/mol. The van der Waals surface area contributed by atoms with Crippen LogP contribution >= 0.6 is 0 Å². The van der Waals surface area contributed by atoms with Crippen LogP contribution in [0.2, 0.25) is 0 Å². The van der Waals surface area contributed by atoms with Gasteiger partial charge in [-0.05, 0) is 19.3 Å². The van der Waals surface area contributed by atoms with Crippen molar-refractivity contribution in [1.82, 2.24) is 0 Å². The number of ketones is 1. The molecule has 112 valence electrons. The number of carboxylic acid groups (broad SMARTS) is 1. The van der Waals surface area contributed by atoms with Crippen LogP contribution in [0, 0.1) is 0 Å². The van der Waals surface area contributed by atoms with Crippen LogP contribution in [0.4, 0.5) is 0 Å². The van der Waals surface area contributed by atoms with Gasteiger partial charge in [0.1, 0.15) is 11.8 Å². The lowest BCUT2D eigenvalue weighted by Gasteiger charge is -2.05. The monoisotopic (exact) mass is 271 g/mol. The fourth-order valence-electron chi connectivity index (χ4n) is 2.05. The Kier molecular flexibility index (Phi) is 11.6. The Morgan fingerprint density at radius 1 is 0.947 bits per heavy atom. The number of nitrogens with two attached hydrogens (primary N) is 1. The van der Waals surface area contributed by atoms with Crippen LogP contribution in [0.3, 0.4) is 0 Å². The van der Waals surface area contributed by atoms with E-state index in [1.165, 1.54) is 32.1 Å². The van der Waals surface area contributed by atoms with E-state index in [9.17, 15) is 9.59 Å². The number of carbonyl (C=O) groups is 2. The van der Waals surface area contributed by atoms with Gasteiger partial charge in [0.2, 0.25) is 0 Å². The molecule has 0 aromatic heterocycles. The maximum absolute atomic E-state index is 11.5. The Morgan fingerprint density at radius 3 is 2.05 bits per heavy atom. The molecular formula is C15H29NO3. The molecule has 19 heavy (non-hydrogen) atoms. The molecule has 0 heterocycles. The number of hydrogen-bond donors (Lipinski definition) is 2. The van der Waals surface area contributed by atoms with Crippen molar-refractivity contribution in [1.29, 1.82) is 0 Å². The number of Topliss-reactive ketones (excluding diaryl/α,β-unsaturated/α-hetero) is 1. The highest BCUT2D eigenvalue weighted by molar-refractivity contribution is 5.78. The topological polar surface area (TPSA) is 80.4 Å². The molecule has 0 aromatic rings. The first-order chi connectivity index (χ1) is 9.07. The molecule has 1 unspecified atom stereocenters. The molecule has 1 atom stereocenters. The maximum Gasteiger partial charge on any atom is 0.320 e. The Balaban J connectivity index is 3.33. The lowest BCUT2D eigenvalue weighted by molar-refractivity contribution is -0.138. The summed E-state index contributed by atoms with van der Waals surface area (Å²) in [6.45, 7) is 2.20. The third kappa shape index (κ3) is 11.9. The molecule has 0 radical (unpaired) electrons. The van der Waals surface area contributed by atoms with Gasteiger partial charge < -0.3 is 10.8 Å². The fourth-order valence-corrected chi connectivity index (χ4v) is 2.05. The van der Waals surface area contributed by atoms with Crippen LogP contribution < -0.4 is 5.73 Å². The smallest absolute Gasteiger partial charge is 0.320 e. The van der Waals surface area contributed by atoms with Crippen molar-refractivity contribution in [2.24, 2.45) is 5.73 Å². The predicted octanol–water partition coefficient (Wildman–Crippen LogP) is 3.28. The van der Waals surface area contributed by atoms with Crippen LogP contribution in [-0.2, 0) is 9.59 Å². The van der Waals surface area contributed by atoms with Gasteiger partial charge in [0.15, 0.2) is 0 Å². The van der Waals surface area contributed by atoms with Crippen LogP contribution in [0.15, 0.2) is 0 Å². The van der Waals surface area contributed by atoms with E-state index in [0.29, 0.717) is 25.7 Å². The standard InChI is InChI=1S/C15H29NO3/c1-2-3-4-5-6-7-8-10-13(17)11-9-12-14(16)15(18)19/h14H,2-12,16H2,1H3,(H,18,19). The number of aliphatic carboxylic acids is 1. The third-order valence-electron chi connectivity index (χ3n) is 3.35. The first-order valence-corrected chi connectivity index (χ1v) is 7.58. The minimum Gasteiger partial charge on any atom is -0.480 e. The number of unbranched alkanes of at least 4 members (excludes halogenated alkanes) is 6. The summed E-state index contributed by atoms with van der Waals surface area (Å²) in [7, 11) is 0. The summed E-state index contributed by atoms with van der Waals surface area (Å²) >= 11 is 0. The zero-order chi connectivity index (χ0) is 14.5. The van der Waals surface area contributed by atoms with Crippen LogP contribution in [0.25, 0.3) is 0 Å². The molecule has 0 aliphatic rings. The quantitative estimate of drug-likeness (QED) is 0.504. The highest BCUT2D eigenvalue weighted by Crippen LogP contribution is 2.10. The van der Waals surface area contributed by atoms with E-state index < -0.39 is 12.0 Å². The van der Waals surface area contributed by atoms with Crippen molar-refractivity contribution in [2.45, 2.75) is 83.6 Å².